The van der Waals surface area contributed by atoms with E-state index in [0.29, 0.717) is 12.3 Å². The van der Waals surface area contributed by atoms with Gasteiger partial charge in [0, 0.05) is 26.6 Å². The number of hydrogen-bond donors (Lipinski definition) is 2. The highest BCUT2D eigenvalue weighted by Gasteiger charge is 2.26. The van der Waals surface area contributed by atoms with Crippen molar-refractivity contribution in [2.45, 2.75) is 32.2 Å². The number of likely N-dealkylation sites (tertiary alicyclic amines) is 1. The van der Waals surface area contributed by atoms with Crippen LogP contribution in [0, 0.1) is 5.92 Å². The van der Waals surface area contributed by atoms with Crippen molar-refractivity contribution in [2.24, 2.45) is 5.92 Å². The number of piperidine rings is 1. The normalized spacial score (nSPS) is 18.9. The van der Waals surface area contributed by atoms with Gasteiger partial charge in [0.2, 0.25) is 11.8 Å². The minimum atomic E-state index is -0.120. The first-order chi connectivity index (χ1) is 8.08. The van der Waals surface area contributed by atoms with E-state index in [1.807, 2.05) is 11.8 Å². The topological polar surface area (TPSA) is 61.4 Å². The second kappa shape index (κ2) is 6.59. The van der Waals surface area contributed by atoms with Crippen LogP contribution in [0.15, 0.2) is 0 Å². The number of hydrogen-bond acceptors (Lipinski definition) is 3. The lowest BCUT2D eigenvalue weighted by atomic mass is 9.93. The lowest BCUT2D eigenvalue weighted by Crippen LogP contribution is -2.47. The summed E-state index contributed by atoms with van der Waals surface area (Å²) in [5.74, 6) is 0.674. The van der Waals surface area contributed by atoms with Crippen molar-refractivity contribution in [1.82, 2.24) is 15.5 Å². The van der Waals surface area contributed by atoms with E-state index in [4.69, 9.17) is 0 Å². The minimum absolute atomic E-state index is 0.0957. The van der Waals surface area contributed by atoms with E-state index in [2.05, 4.69) is 10.6 Å². The van der Waals surface area contributed by atoms with Crippen LogP contribution in [-0.4, -0.2) is 49.9 Å². The summed E-state index contributed by atoms with van der Waals surface area (Å²) in [6, 6.07) is -0.120. The molecule has 2 N–H and O–H groups in total. The van der Waals surface area contributed by atoms with Gasteiger partial charge in [-0.25, -0.2) is 0 Å². The van der Waals surface area contributed by atoms with Crippen molar-refractivity contribution in [3.05, 3.63) is 0 Å². The molecule has 17 heavy (non-hydrogen) atoms. The third-order valence-electron chi connectivity index (χ3n) is 3.48. The molecular weight excluding hydrogens is 218 g/mol. The van der Waals surface area contributed by atoms with E-state index in [0.717, 1.165) is 25.9 Å². The third kappa shape index (κ3) is 4.00. The zero-order chi connectivity index (χ0) is 12.8. The molecule has 0 saturated carbocycles. The highest BCUT2D eigenvalue weighted by molar-refractivity contribution is 5.81. The second-order valence-electron chi connectivity index (χ2n) is 4.66. The quantitative estimate of drug-likeness (QED) is 0.726. The van der Waals surface area contributed by atoms with E-state index in [-0.39, 0.29) is 17.9 Å². The van der Waals surface area contributed by atoms with Gasteiger partial charge in [0.1, 0.15) is 0 Å². The molecule has 1 saturated heterocycles. The molecule has 0 radical (unpaired) electrons. The number of nitrogens with one attached hydrogen (secondary N) is 2. The number of rotatable bonds is 4. The number of carbonyl (C=O) groups is 2. The van der Waals surface area contributed by atoms with Gasteiger partial charge in [-0.2, -0.15) is 0 Å². The molecule has 2 amide bonds. The summed E-state index contributed by atoms with van der Waals surface area (Å²) in [4.78, 5) is 25.0. The maximum Gasteiger partial charge on any atom is 0.239 e. The predicted octanol–water partition coefficient (Wildman–Crippen LogP) is -0.0310. The Balaban J connectivity index is 2.35. The van der Waals surface area contributed by atoms with Gasteiger partial charge in [0.05, 0.1) is 6.04 Å². The summed E-state index contributed by atoms with van der Waals surface area (Å²) in [6.07, 6.45) is 2.44. The number of carbonyl (C=O) groups excluding carboxylic acids is 2. The molecule has 5 heteroatoms. The molecule has 1 heterocycles. The van der Waals surface area contributed by atoms with E-state index in [1.165, 1.54) is 0 Å². The smallest absolute Gasteiger partial charge is 0.239 e. The average molecular weight is 241 g/mol. The maximum absolute atomic E-state index is 11.9. The Morgan fingerprint density at radius 1 is 1.29 bits per heavy atom. The van der Waals surface area contributed by atoms with E-state index in [1.54, 1.807) is 14.1 Å². The van der Waals surface area contributed by atoms with Crippen LogP contribution in [0.5, 0.6) is 0 Å². The lowest BCUT2D eigenvalue weighted by Gasteiger charge is -2.33. The van der Waals surface area contributed by atoms with Gasteiger partial charge < -0.3 is 15.5 Å². The van der Waals surface area contributed by atoms with Gasteiger partial charge in [-0.15, -0.1) is 0 Å². The minimum Gasteiger partial charge on any atom is -0.359 e. The molecule has 1 aliphatic heterocycles. The lowest BCUT2D eigenvalue weighted by molar-refractivity contribution is -0.134. The average Bonchev–Trinajstić information content (AvgIpc) is 2.37. The Kier molecular flexibility index (Phi) is 5.41. The predicted molar refractivity (Wildman–Crippen MR) is 66.5 cm³/mol. The van der Waals surface area contributed by atoms with Crippen molar-refractivity contribution >= 4 is 11.8 Å². The molecular formula is C12H23N3O2. The van der Waals surface area contributed by atoms with E-state index >= 15 is 0 Å². The van der Waals surface area contributed by atoms with Crippen LogP contribution < -0.4 is 10.6 Å². The molecule has 1 atom stereocenters. The molecule has 0 bridgehead atoms. The molecule has 0 aliphatic carbocycles. The second-order valence-corrected chi connectivity index (χ2v) is 4.66. The molecule has 0 aromatic heterocycles. The molecule has 1 fully saturated rings. The molecule has 0 aromatic carbocycles. The fourth-order valence-electron chi connectivity index (χ4n) is 2.12. The summed E-state index contributed by atoms with van der Waals surface area (Å²) in [7, 11) is 3.45. The van der Waals surface area contributed by atoms with Crippen molar-refractivity contribution in [2.75, 3.05) is 27.2 Å². The summed E-state index contributed by atoms with van der Waals surface area (Å²) in [6.45, 7) is 3.41. The largest absolute Gasteiger partial charge is 0.359 e. The van der Waals surface area contributed by atoms with Crippen LogP contribution in [0.3, 0.4) is 0 Å². The molecule has 1 aliphatic rings. The Morgan fingerprint density at radius 3 is 2.35 bits per heavy atom. The summed E-state index contributed by atoms with van der Waals surface area (Å²) in [5.41, 5.74) is 0. The fraction of sp³-hybridized carbons (Fsp3) is 0.833. The zero-order valence-corrected chi connectivity index (χ0v) is 11.0. The molecule has 0 aromatic rings. The Hall–Kier alpha value is -1.10. The number of nitrogens with zero attached hydrogens (tertiary/aromatic N) is 1. The van der Waals surface area contributed by atoms with Crippen LogP contribution in [0.2, 0.25) is 0 Å². The highest BCUT2D eigenvalue weighted by atomic mass is 16.2. The SMILES string of the molecule is CNC(=O)CC1CCN(C(=O)C(C)NC)CC1. The van der Waals surface area contributed by atoms with Crippen molar-refractivity contribution in [1.29, 1.82) is 0 Å². The van der Waals surface area contributed by atoms with Crippen LogP contribution >= 0.6 is 0 Å². The highest BCUT2D eigenvalue weighted by Crippen LogP contribution is 2.20. The standard InChI is InChI=1S/C12H23N3O2/c1-9(13-2)12(17)15-6-4-10(5-7-15)8-11(16)14-3/h9-10,13H,4-8H2,1-3H3,(H,14,16). The van der Waals surface area contributed by atoms with Crippen LogP contribution in [0.4, 0.5) is 0 Å². The molecule has 1 rings (SSSR count). The van der Waals surface area contributed by atoms with Gasteiger partial charge >= 0.3 is 0 Å². The van der Waals surface area contributed by atoms with Gasteiger partial charge in [-0.05, 0) is 32.7 Å². The number of amides is 2. The van der Waals surface area contributed by atoms with Crippen LogP contribution in [0.25, 0.3) is 0 Å². The van der Waals surface area contributed by atoms with Crippen molar-refractivity contribution in [3.8, 4) is 0 Å². The number of likely N-dealkylation sites (N-methyl/N-ethyl adjacent to an activating group) is 1. The zero-order valence-electron chi connectivity index (χ0n) is 11.0. The van der Waals surface area contributed by atoms with Crippen molar-refractivity contribution < 1.29 is 9.59 Å². The monoisotopic (exact) mass is 241 g/mol. The first-order valence-electron chi connectivity index (χ1n) is 6.25. The molecule has 0 spiro atoms. The Labute approximate surface area is 103 Å². The molecule has 98 valence electrons. The van der Waals surface area contributed by atoms with Crippen LogP contribution in [-0.2, 0) is 9.59 Å². The third-order valence-corrected chi connectivity index (χ3v) is 3.48. The Morgan fingerprint density at radius 2 is 1.88 bits per heavy atom. The first-order valence-corrected chi connectivity index (χ1v) is 6.25. The van der Waals surface area contributed by atoms with Gasteiger partial charge in [-0.1, -0.05) is 0 Å². The van der Waals surface area contributed by atoms with Crippen molar-refractivity contribution in [3.63, 3.8) is 0 Å². The first kappa shape index (κ1) is 14.0. The van der Waals surface area contributed by atoms with Crippen LogP contribution in [0.1, 0.15) is 26.2 Å². The van der Waals surface area contributed by atoms with E-state index in [9.17, 15) is 9.59 Å². The molecule has 5 nitrogen and oxygen atoms in total. The van der Waals surface area contributed by atoms with Gasteiger partial charge in [0.25, 0.3) is 0 Å². The Bertz CT molecular complexity index is 273. The van der Waals surface area contributed by atoms with E-state index < -0.39 is 0 Å². The molecule has 1 unspecified atom stereocenters. The summed E-state index contributed by atoms with van der Waals surface area (Å²) < 4.78 is 0. The summed E-state index contributed by atoms with van der Waals surface area (Å²) in [5, 5.41) is 5.60. The summed E-state index contributed by atoms with van der Waals surface area (Å²) >= 11 is 0. The maximum atomic E-state index is 11.9. The van der Waals surface area contributed by atoms with Gasteiger partial charge in [-0.3, -0.25) is 9.59 Å². The van der Waals surface area contributed by atoms with Gasteiger partial charge in [0.15, 0.2) is 0 Å². The fourth-order valence-corrected chi connectivity index (χ4v) is 2.12.